The minimum absolute atomic E-state index is 0.156. The number of aromatic nitrogens is 3. The molecule has 1 saturated heterocycles. The van der Waals surface area contributed by atoms with Gasteiger partial charge in [0, 0.05) is 43.5 Å². The summed E-state index contributed by atoms with van der Waals surface area (Å²) in [6.45, 7) is 10.3. The maximum Gasteiger partial charge on any atom is 0.147 e. The molecule has 0 saturated carbocycles. The highest BCUT2D eigenvalue weighted by atomic mass is 32.1. The number of nitrogens with one attached hydrogen (secondary N) is 1. The quantitative estimate of drug-likeness (QED) is 0.723. The summed E-state index contributed by atoms with van der Waals surface area (Å²) in [5.74, 6) is 0.899. The third-order valence-corrected chi connectivity index (χ3v) is 6.54. The van der Waals surface area contributed by atoms with E-state index in [1.807, 2.05) is 0 Å². The van der Waals surface area contributed by atoms with E-state index < -0.39 is 0 Å². The smallest absolute Gasteiger partial charge is 0.147 e. The number of pyridine rings is 1. The van der Waals surface area contributed by atoms with Crippen LogP contribution in [0.2, 0.25) is 0 Å². The van der Waals surface area contributed by atoms with Gasteiger partial charge in [-0.15, -0.1) is 11.3 Å². The zero-order chi connectivity index (χ0) is 19.1. The minimum atomic E-state index is -0.156. The van der Waals surface area contributed by atoms with Crippen molar-refractivity contribution >= 4 is 37.6 Å². The number of hydrogen-bond donors (Lipinski definition) is 1. The van der Waals surface area contributed by atoms with Gasteiger partial charge in [0.25, 0.3) is 0 Å². The third-order valence-electron chi connectivity index (χ3n) is 5.45. The first-order valence-corrected chi connectivity index (χ1v) is 10.6. The van der Waals surface area contributed by atoms with Gasteiger partial charge >= 0.3 is 0 Å². The van der Waals surface area contributed by atoms with Crippen molar-refractivity contribution in [3.8, 4) is 0 Å². The van der Waals surface area contributed by atoms with Gasteiger partial charge in [-0.25, -0.2) is 15.0 Å². The molecule has 28 heavy (non-hydrogen) atoms. The first-order valence-electron chi connectivity index (χ1n) is 9.83. The van der Waals surface area contributed by atoms with Crippen LogP contribution in [0.15, 0.2) is 12.4 Å². The molecule has 5 rings (SSSR count). The fourth-order valence-corrected chi connectivity index (χ4v) is 4.96. The van der Waals surface area contributed by atoms with E-state index in [1.54, 1.807) is 17.7 Å². The van der Waals surface area contributed by atoms with Crippen LogP contribution in [0.5, 0.6) is 0 Å². The molecule has 1 fully saturated rings. The summed E-state index contributed by atoms with van der Waals surface area (Å²) < 4.78 is 12.5. The molecule has 2 aliphatic rings. The Morgan fingerprint density at radius 2 is 2.11 bits per heavy atom. The lowest BCUT2D eigenvalue weighted by atomic mass is 9.95. The Morgan fingerprint density at radius 3 is 2.96 bits per heavy atom. The fraction of sp³-hybridized carbons (Fsp3) is 0.550. The maximum atomic E-state index is 5.97. The molecule has 0 unspecified atom stereocenters. The van der Waals surface area contributed by atoms with Crippen LogP contribution in [-0.4, -0.2) is 64.8 Å². The molecule has 5 heterocycles. The third kappa shape index (κ3) is 3.45. The molecule has 3 aromatic rings. The van der Waals surface area contributed by atoms with Crippen molar-refractivity contribution in [2.75, 3.05) is 44.7 Å². The molecule has 0 radical (unpaired) electrons. The second kappa shape index (κ2) is 7.18. The van der Waals surface area contributed by atoms with E-state index in [-0.39, 0.29) is 5.60 Å². The van der Waals surface area contributed by atoms with Gasteiger partial charge < -0.3 is 14.8 Å². The average molecular weight is 400 g/mol. The van der Waals surface area contributed by atoms with Crippen molar-refractivity contribution < 1.29 is 9.47 Å². The van der Waals surface area contributed by atoms with Crippen LogP contribution in [0.25, 0.3) is 20.4 Å². The predicted octanol–water partition coefficient (Wildman–Crippen LogP) is 2.83. The summed E-state index contributed by atoms with van der Waals surface area (Å²) in [5, 5.41) is 4.60. The van der Waals surface area contributed by atoms with Gasteiger partial charge in [0.1, 0.15) is 17.0 Å². The van der Waals surface area contributed by atoms with Crippen molar-refractivity contribution in [3.05, 3.63) is 23.7 Å². The van der Waals surface area contributed by atoms with Crippen LogP contribution >= 0.6 is 11.3 Å². The number of hydrogen-bond acceptors (Lipinski definition) is 8. The number of fused-ring (bicyclic) bond motifs is 4. The molecule has 2 aliphatic heterocycles. The molecule has 0 bridgehead atoms. The van der Waals surface area contributed by atoms with Crippen molar-refractivity contribution in [2.45, 2.75) is 32.5 Å². The van der Waals surface area contributed by atoms with E-state index in [4.69, 9.17) is 14.5 Å². The topological polar surface area (TPSA) is 72.4 Å². The standard InChI is InChI=1S/C20H25N5O2S/c1-20(2)10-15-13(11-27-20)9-14-16-17(28-19(14)24-15)18(23-12-22-16)21-3-4-25-5-7-26-8-6-25/h9,12H,3-8,10-11H2,1-2H3,(H,21,22,23). The highest BCUT2D eigenvalue weighted by molar-refractivity contribution is 7.25. The van der Waals surface area contributed by atoms with E-state index >= 15 is 0 Å². The Kier molecular flexibility index (Phi) is 4.66. The van der Waals surface area contributed by atoms with E-state index in [0.717, 1.165) is 77.8 Å². The zero-order valence-electron chi connectivity index (χ0n) is 16.3. The lowest BCUT2D eigenvalue weighted by Crippen LogP contribution is -2.39. The van der Waals surface area contributed by atoms with Crippen LogP contribution in [0.3, 0.4) is 0 Å². The lowest BCUT2D eigenvalue weighted by molar-refractivity contribution is -0.0411. The van der Waals surface area contributed by atoms with Crippen LogP contribution in [-0.2, 0) is 22.5 Å². The molecule has 3 aromatic heterocycles. The Morgan fingerprint density at radius 1 is 1.25 bits per heavy atom. The molecule has 0 aliphatic carbocycles. The molecule has 148 valence electrons. The molecule has 8 heteroatoms. The van der Waals surface area contributed by atoms with Gasteiger partial charge in [0.05, 0.1) is 41.3 Å². The lowest BCUT2D eigenvalue weighted by Gasteiger charge is -2.30. The van der Waals surface area contributed by atoms with Crippen LogP contribution < -0.4 is 5.32 Å². The minimum Gasteiger partial charge on any atom is -0.379 e. The van der Waals surface area contributed by atoms with Crippen molar-refractivity contribution in [1.29, 1.82) is 0 Å². The van der Waals surface area contributed by atoms with Gasteiger partial charge in [-0.1, -0.05) is 0 Å². The number of morpholine rings is 1. The molecule has 0 amide bonds. The van der Waals surface area contributed by atoms with E-state index in [0.29, 0.717) is 6.61 Å². The number of nitrogens with zero attached hydrogens (tertiary/aromatic N) is 4. The number of rotatable bonds is 4. The number of ether oxygens (including phenoxy) is 2. The molecule has 1 N–H and O–H groups in total. The Hall–Kier alpha value is -1.87. The molecular weight excluding hydrogens is 374 g/mol. The molecule has 0 spiro atoms. The normalized spacial score (nSPS) is 19.8. The monoisotopic (exact) mass is 399 g/mol. The second-order valence-corrected chi connectivity index (χ2v) is 9.05. The Balaban J connectivity index is 1.43. The Bertz CT molecular complexity index is 1010. The SMILES string of the molecule is CC1(C)Cc2nc3sc4c(NCCN5CCOCC5)ncnc4c3cc2CO1. The van der Waals surface area contributed by atoms with Crippen LogP contribution in [0.1, 0.15) is 25.1 Å². The number of anilines is 1. The summed E-state index contributed by atoms with van der Waals surface area (Å²) in [5.41, 5.74) is 3.14. The predicted molar refractivity (Wildman–Crippen MR) is 111 cm³/mol. The van der Waals surface area contributed by atoms with Crippen LogP contribution in [0, 0.1) is 0 Å². The summed E-state index contributed by atoms with van der Waals surface area (Å²) in [6.07, 6.45) is 2.48. The molecule has 7 nitrogen and oxygen atoms in total. The van der Waals surface area contributed by atoms with E-state index in [9.17, 15) is 0 Å². The van der Waals surface area contributed by atoms with Gasteiger partial charge in [-0.3, -0.25) is 4.90 Å². The van der Waals surface area contributed by atoms with Crippen molar-refractivity contribution in [3.63, 3.8) is 0 Å². The molecular formula is C20H25N5O2S. The van der Waals surface area contributed by atoms with E-state index in [1.165, 1.54) is 5.56 Å². The van der Waals surface area contributed by atoms with Gasteiger partial charge in [0.15, 0.2) is 0 Å². The maximum absolute atomic E-state index is 5.97. The summed E-state index contributed by atoms with van der Waals surface area (Å²) in [6, 6.07) is 2.20. The van der Waals surface area contributed by atoms with Crippen molar-refractivity contribution in [2.24, 2.45) is 0 Å². The molecule has 0 aromatic carbocycles. The number of thiophene rings is 1. The first kappa shape index (κ1) is 18.2. The molecule has 0 atom stereocenters. The fourth-order valence-electron chi connectivity index (χ4n) is 3.87. The summed E-state index contributed by atoms with van der Waals surface area (Å²) in [4.78, 5) is 17.5. The first-order chi connectivity index (χ1) is 13.6. The highest BCUT2D eigenvalue weighted by Crippen LogP contribution is 2.37. The van der Waals surface area contributed by atoms with Crippen LogP contribution in [0.4, 0.5) is 5.82 Å². The largest absolute Gasteiger partial charge is 0.379 e. The van der Waals surface area contributed by atoms with Gasteiger partial charge in [-0.05, 0) is 19.9 Å². The highest BCUT2D eigenvalue weighted by Gasteiger charge is 2.28. The summed E-state index contributed by atoms with van der Waals surface area (Å²) in [7, 11) is 0. The average Bonchev–Trinajstić information content (AvgIpc) is 3.05. The van der Waals surface area contributed by atoms with Gasteiger partial charge in [-0.2, -0.15) is 0 Å². The summed E-state index contributed by atoms with van der Waals surface area (Å²) >= 11 is 1.67. The van der Waals surface area contributed by atoms with Crippen molar-refractivity contribution in [1.82, 2.24) is 19.9 Å². The van der Waals surface area contributed by atoms with Gasteiger partial charge in [0.2, 0.25) is 0 Å². The van der Waals surface area contributed by atoms with E-state index in [2.05, 4.69) is 40.1 Å². The zero-order valence-corrected chi connectivity index (χ0v) is 17.1. The Labute approximate surface area is 168 Å². The second-order valence-electron chi connectivity index (χ2n) is 8.05.